The van der Waals surface area contributed by atoms with Crippen LogP contribution in [0.25, 0.3) is 0 Å². The van der Waals surface area contributed by atoms with Crippen molar-refractivity contribution in [1.29, 1.82) is 0 Å². The molecule has 2 heteroatoms. The second-order valence-corrected chi connectivity index (χ2v) is 8.84. The molecule has 4 aromatic carbocycles. The summed E-state index contributed by atoms with van der Waals surface area (Å²) >= 11 is 0. The number of para-hydroxylation sites is 2. The van der Waals surface area contributed by atoms with Crippen LogP contribution < -0.4 is 9.80 Å². The molecule has 0 radical (unpaired) electrons. The van der Waals surface area contributed by atoms with E-state index in [9.17, 15) is 0 Å². The van der Waals surface area contributed by atoms with Crippen LogP contribution in [-0.4, -0.2) is 0 Å². The molecule has 5 rings (SSSR count). The first-order chi connectivity index (χ1) is 16.7. The molecule has 4 aromatic rings. The molecule has 0 aromatic heterocycles. The zero-order chi connectivity index (χ0) is 23.3. The van der Waals surface area contributed by atoms with E-state index in [2.05, 4.69) is 145 Å². The van der Waals surface area contributed by atoms with E-state index in [4.69, 9.17) is 0 Å². The topological polar surface area (TPSA) is 6.48 Å². The Kier molecular flexibility index (Phi) is 6.31. The summed E-state index contributed by atoms with van der Waals surface area (Å²) in [6.07, 6.45) is 6.51. The molecule has 0 N–H and O–H groups in total. The Morgan fingerprint density at radius 1 is 0.441 bits per heavy atom. The largest absolute Gasteiger partial charge is 0.314 e. The maximum atomic E-state index is 2.39. The van der Waals surface area contributed by atoms with Crippen molar-refractivity contribution in [3.8, 4) is 0 Å². The molecule has 0 unspecified atom stereocenters. The first-order valence-electron chi connectivity index (χ1n) is 11.9. The fourth-order valence-electron chi connectivity index (χ4n) is 4.64. The minimum atomic E-state index is 0.962. The molecule has 1 aliphatic rings. The van der Waals surface area contributed by atoms with Gasteiger partial charge >= 0.3 is 0 Å². The third kappa shape index (κ3) is 4.67. The number of allylic oxidation sites excluding steroid dienone is 4. The number of rotatable bonds is 6. The van der Waals surface area contributed by atoms with Gasteiger partial charge in [0.25, 0.3) is 0 Å². The molecule has 1 aliphatic carbocycles. The molecular formula is C32H30N2. The maximum absolute atomic E-state index is 2.39. The maximum Gasteiger partial charge on any atom is 0.0461 e. The SMILES string of the molecule is Cc1cccc(N(C2=CC=C(N(c3ccccc3)c3cccc(C)c3)CC2)c2ccccc2)c1. The van der Waals surface area contributed by atoms with Crippen molar-refractivity contribution in [3.05, 3.63) is 144 Å². The predicted molar refractivity (Wildman–Crippen MR) is 145 cm³/mol. The Morgan fingerprint density at radius 3 is 1.18 bits per heavy atom. The first kappa shape index (κ1) is 21.8. The molecule has 168 valence electrons. The molecule has 0 spiro atoms. The van der Waals surface area contributed by atoms with Gasteiger partial charge in [0.2, 0.25) is 0 Å². The predicted octanol–water partition coefficient (Wildman–Crippen LogP) is 8.84. The number of benzene rings is 4. The summed E-state index contributed by atoms with van der Waals surface area (Å²) in [5, 5.41) is 0. The molecular weight excluding hydrogens is 412 g/mol. The van der Waals surface area contributed by atoms with Gasteiger partial charge in [-0.25, -0.2) is 0 Å². The van der Waals surface area contributed by atoms with E-state index in [1.165, 1.54) is 45.3 Å². The molecule has 0 bridgehead atoms. The van der Waals surface area contributed by atoms with Crippen LogP contribution >= 0.6 is 0 Å². The number of aryl methyl sites for hydroxylation is 2. The van der Waals surface area contributed by atoms with Crippen LogP contribution in [0.5, 0.6) is 0 Å². The number of hydrogen-bond acceptors (Lipinski definition) is 2. The highest BCUT2D eigenvalue weighted by molar-refractivity contribution is 5.72. The zero-order valence-corrected chi connectivity index (χ0v) is 19.9. The van der Waals surface area contributed by atoms with Crippen LogP contribution in [0.1, 0.15) is 24.0 Å². The monoisotopic (exact) mass is 442 g/mol. The van der Waals surface area contributed by atoms with Gasteiger partial charge in [0.15, 0.2) is 0 Å². The first-order valence-corrected chi connectivity index (χ1v) is 11.9. The van der Waals surface area contributed by atoms with E-state index in [1.54, 1.807) is 0 Å². The quantitative estimate of drug-likeness (QED) is 0.294. The number of nitrogens with zero attached hydrogens (tertiary/aromatic N) is 2. The molecule has 0 atom stereocenters. The summed E-state index contributed by atoms with van der Waals surface area (Å²) in [7, 11) is 0. The lowest BCUT2D eigenvalue weighted by atomic mass is 10.0. The van der Waals surface area contributed by atoms with E-state index in [0.29, 0.717) is 0 Å². The van der Waals surface area contributed by atoms with Gasteiger partial charge in [-0.1, -0.05) is 60.7 Å². The molecule has 0 fully saturated rings. The Bertz CT molecular complexity index is 1210. The van der Waals surface area contributed by atoms with E-state index in [-0.39, 0.29) is 0 Å². The summed E-state index contributed by atoms with van der Waals surface area (Å²) in [4.78, 5) is 4.78. The van der Waals surface area contributed by atoms with Gasteiger partial charge in [0, 0.05) is 34.1 Å². The third-order valence-electron chi connectivity index (χ3n) is 6.23. The van der Waals surface area contributed by atoms with Crippen molar-refractivity contribution in [2.75, 3.05) is 9.80 Å². The summed E-state index contributed by atoms with van der Waals surface area (Å²) in [6, 6.07) is 38.8. The standard InChI is InChI=1S/C32H30N2/c1-25-11-9-17-31(23-25)33(27-13-5-3-6-14-27)29-19-21-30(22-20-29)34(28-15-7-4-8-16-28)32-18-10-12-26(2)24-32/h3-19,21,23-24H,20,22H2,1-2H3. The normalized spacial score (nSPS) is 13.1. The van der Waals surface area contributed by atoms with Crippen LogP contribution in [-0.2, 0) is 0 Å². The molecule has 0 heterocycles. The van der Waals surface area contributed by atoms with Gasteiger partial charge in [-0.15, -0.1) is 0 Å². The van der Waals surface area contributed by atoms with Crippen molar-refractivity contribution in [2.24, 2.45) is 0 Å². The summed E-state index contributed by atoms with van der Waals surface area (Å²) in [5.74, 6) is 0. The Labute approximate surface area is 203 Å². The van der Waals surface area contributed by atoms with Crippen LogP contribution in [0.15, 0.2) is 133 Å². The summed E-state index contributed by atoms with van der Waals surface area (Å²) < 4.78 is 0. The van der Waals surface area contributed by atoms with E-state index in [0.717, 1.165) is 12.8 Å². The fourth-order valence-corrected chi connectivity index (χ4v) is 4.64. The Hall–Kier alpha value is -4.04. The van der Waals surface area contributed by atoms with E-state index in [1.807, 2.05) is 0 Å². The average molecular weight is 443 g/mol. The molecule has 0 saturated carbocycles. The van der Waals surface area contributed by atoms with Gasteiger partial charge < -0.3 is 9.80 Å². The van der Waals surface area contributed by atoms with Crippen molar-refractivity contribution >= 4 is 22.7 Å². The summed E-state index contributed by atoms with van der Waals surface area (Å²) in [6.45, 7) is 4.30. The Morgan fingerprint density at radius 2 is 0.824 bits per heavy atom. The van der Waals surface area contributed by atoms with Gasteiger partial charge in [0.05, 0.1) is 0 Å². The van der Waals surface area contributed by atoms with Crippen molar-refractivity contribution in [2.45, 2.75) is 26.7 Å². The molecule has 2 nitrogen and oxygen atoms in total. The Balaban J connectivity index is 1.56. The van der Waals surface area contributed by atoms with E-state index >= 15 is 0 Å². The highest BCUT2D eigenvalue weighted by atomic mass is 15.2. The van der Waals surface area contributed by atoms with Crippen LogP contribution in [0, 0.1) is 13.8 Å². The van der Waals surface area contributed by atoms with Crippen LogP contribution in [0.4, 0.5) is 22.7 Å². The molecule has 34 heavy (non-hydrogen) atoms. The molecule has 0 aliphatic heterocycles. The van der Waals surface area contributed by atoms with Gasteiger partial charge in [-0.2, -0.15) is 0 Å². The lowest BCUT2D eigenvalue weighted by Gasteiger charge is -2.33. The smallest absolute Gasteiger partial charge is 0.0461 e. The third-order valence-corrected chi connectivity index (χ3v) is 6.23. The summed E-state index contributed by atoms with van der Waals surface area (Å²) in [5.41, 5.74) is 9.92. The van der Waals surface area contributed by atoms with E-state index < -0.39 is 0 Å². The fraction of sp³-hybridized carbons (Fsp3) is 0.125. The van der Waals surface area contributed by atoms with Crippen LogP contribution in [0.2, 0.25) is 0 Å². The van der Waals surface area contributed by atoms with Crippen molar-refractivity contribution in [3.63, 3.8) is 0 Å². The molecule has 0 amide bonds. The minimum Gasteiger partial charge on any atom is -0.314 e. The van der Waals surface area contributed by atoms with Crippen molar-refractivity contribution in [1.82, 2.24) is 0 Å². The van der Waals surface area contributed by atoms with Crippen LogP contribution in [0.3, 0.4) is 0 Å². The van der Waals surface area contributed by atoms with Crippen molar-refractivity contribution < 1.29 is 0 Å². The lowest BCUT2D eigenvalue weighted by molar-refractivity contribution is 0.850. The highest BCUT2D eigenvalue weighted by Crippen LogP contribution is 2.38. The minimum absolute atomic E-state index is 0.962. The van der Waals surface area contributed by atoms with Gasteiger partial charge in [-0.3, -0.25) is 0 Å². The second-order valence-electron chi connectivity index (χ2n) is 8.84. The lowest BCUT2D eigenvalue weighted by Crippen LogP contribution is -2.22. The highest BCUT2D eigenvalue weighted by Gasteiger charge is 2.21. The average Bonchev–Trinajstić information content (AvgIpc) is 2.87. The van der Waals surface area contributed by atoms with Gasteiger partial charge in [-0.05, 0) is 98.5 Å². The second kappa shape index (κ2) is 9.84. The number of hydrogen-bond donors (Lipinski definition) is 0. The van der Waals surface area contributed by atoms with Gasteiger partial charge in [0.1, 0.15) is 0 Å². The number of anilines is 4. The molecule has 0 saturated heterocycles. The zero-order valence-electron chi connectivity index (χ0n) is 19.9.